The summed E-state index contributed by atoms with van der Waals surface area (Å²) < 4.78 is 5.89. The first-order valence-electron chi connectivity index (χ1n) is 7.01. The van der Waals surface area contributed by atoms with Gasteiger partial charge in [0, 0.05) is 19.7 Å². The van der Waals surface area contributed by atoms with Crippen molar-refractivity contribution < 1.29 is 4.74 Å². The fraction of sp³-hybridized carbons (Fsp3) is 0.235. The van der Waals surface area contributed by atoms with Crippen LogP contribution in [0.4, 0.5) is 0 Å². The summed E-state index contributed by atoms with van der Waals surface area (Å²) in [5.74, 6) is 1.65. The lowest BCUT2D eigenvalue weighted by molar-refractivity contribution is 0.323. The van der Waals surface area contributed by atoms with E-state index in [0.29, 0.717) is 13.2 Å². The monoisotopic (exact) mass is 283 g/mol. The molecule has 2 aromatic rings. The Morgan fingerprint density at radius 1 is 1.05 bits per heavy atom. The second kappa shape index (κ2) is 7.94. The molecule has 0 saturated heterocycles. The number of para-hydroxylation sites is 1. The van der Waals surface area contributed by atoms with E-state index >= 15 is 0 Å². The van der Waals surface area contributed by atoms with Crippen LogP contribution in [-0.2, 0) is 0 Å². The van der Waals surface area contributed by atoms with Gasteiger partial charge in [0.25, 0.3) is 0 Å². The highest BCUT2D eigenvalue weighted by molar-refractivity contribution is 5.79. The first-order valence-corrected chi connectivity index (χ1v) is 7.01. The Labute approximate surface area is 125 Å². The van der Waals surface area contributed by atoms with Gasteiger partial charge in [-0.3, -0.25) is 4.99 Å². The molecule has 21 heavy (non-hydrogen) atoms. The standard InChI is InChI=1S/C17H21N3O/c1-18-17(19-2)20-12-13-21-16-11-7-6-10-15(16)14-8-4-3-5-9-14/h3-11H,12-13H2,1-2H3,(H2,18,19,20). The van der Waals surface area contributed by atoms with E-state index in [1.165, 1.54) is 0 Å². The van der Waals surface area contributed by atoms with Crippen molar-refractivity contribution in [2.24, 2.45) is 4.99 Å². The van der Waals surface area contributed by atoms with Crippen LogP contribution in [0, 0.1) is 0 Å². The van der Waals surface area contributed by atoms with Crippen molar-refractivity contribution in [1.82, 2.24) is 10.6 Å². The molecule has 0 bridgehead atoms. The van der Waals surface area contributed by atoms with Crippen LogP contribution in [0.25, 0.3) is 11.1 Å². The Morgan fingerprint density at radius 2 is 1.76 bits per heavy atom. The van der Waals surface area contributed by atoms with Crippen LogP contribution < -0.4 is 15.4 Å². The van der Waals surface area contributed by atoms with E-state index in [2.05, 4.69) is 33.8 Å². The molecule has 0 saturated carbocycles. The molecule has 2 aromatic carbocycles. The number of guanidine groups is 1. The van der Waals surface area contributed by atoms with Crippen LogP contribution in [-0.4, -0.2) is 33.2 Å². The summed E-state index contributed by atoms with van der Waals surface area (Å²) in [6, 6.07) is 18.3. The van der Waals surface area contributed by atoms with Crippen LogP contribution in [0.2, 0.25) is 0 Å². The van der Waals surface area contributed by atoms with Crippen molar-refractivity contribution in [2.75, 3.05) is 27.2 Å². The number of benzene rings is 2. The first-order chi connectivity index (χ1) is 10.3. The molecule has 0 aromatic heterocycles. The van der Waals surface area contributed by atoms with Gasteiger partial charge in [0.05, 0.1) is 6.54 Å². The summed E-state index contributed by atoms with van der Waals surface area (Å²) in [5.41, 5.74) is 2.27. The second-order valence-electron chi connectivity index (χ2n) is 4.46. The first kappa shape index (κ1) is 14.9. The molecule has 4 heteroatoms. The summed E-state index contributed by atoms with van der Waals surface area (Å²) in [6.07, 6.45) is 0. The van der Waals surface area contributed by atoms with Crippen molar-refractivity contribution in [3.05, 3.63) is 54.6 Å². The summed E-state index contributed by atoms with van der Waals surface area (Å²) in [6.45, 7) is 1.27. The highest BCUT2D eigenvalue weighted by atomic mass is 16.5. The molecule has 0 aliphatic carbocycles. The fourth-order valence-electron chi connectivity index (χ4n) is 2.06. The van der Waals surface area contributed by atoms with Gasteiger partial charge in [0.1, 0.15) is 12.4 Å². The maximum Gasteiger partial charge on any atom is 0.190 e. The summed E-state index contributed by atoms with van der Waals surface area (Å²) in [7, 11) is 3.57. The van der Waals surface area contributed by atoms with Crippen LogP contribution in [0.3, 0.4) is 0 Å². The van der Waals surface area contributed by atoms with Crippen molar-refractivity contribution >= 4 is 5.96 Å². The second-order valence-corrected chi connectivity index (χ2v) is 4.46. The molecule has 2 N–H and O–H groups in total. The average molecular weight is 283 g/mol. The normalized spacial score (nSPS) is 11.0. The SMILES string of the molecule is CN=C(NC)NCCOc1ccccc1-c1ccccc1. The molecule has 0 unspecified atom stereocenters. The predicted octanol–water partition coefficient (Wildman–Crippen LogP) is 2.53. The van der Waals surface area contributed by atoms with Crippen LogP contribution in [0.5, 0.6) is 5.75 Å². The molecular weight excluding hydrogens is 262 g/mol. The Morgan fingerprint density at radius 3 is 2.48 bits per heavy atom. The summed E-state index contributed by atoms with van der Waals surface area (Å²) in [4.78, 5) is 4.06. The largest absolute Gasteiger partial charge is 0.491 e. The maximum atomic E-state index is 5.89. The number of nitrogens with zero attached hydrogens (tertiary/aromatic N) is 1. The lowest BCUT2D eigenvalue weighted by Crippen LogP contribution is -2.37. The zero-order valence-electron chi connectivity index (χ0n) is 12.5. The van der Waals surface area contributed by atoms with Crippen LogP contribution in [0.1, 0.15) is 0 Å². The van der Waals surface area contributed by atoms with Crippen molar-refractivity contribution in [3.8, 4) is 16.9 Å². The molecule has 0 fully saturated rings. The molecule has 110 valence electrons. The molecule has 0 aliphatic rings. The molecule has 4 nitrogen and oxygen atoms in total. The van der Waals surface area contributed by atoms with Gasteiger partial charge >= 0.3 is 0 Å². The Balaban J connectivity index is 1.98. The van der Waals surface area contributed by atoms with Gasteiger partial charge in [-0.1, -0.05) is 48.5 Å². The van der Waals surface area contributed by atoms with Gasteiger partial charge in [-0.15, -0.1) is 0 Å². The number of hydrogen-bond donors (Lipinski definition) is 2. The van der Waals surface area contributed by atoms with Crippen molar-refractivity contribution in [3.63, 3.8) is 0 Å². The molecule has 0 aliphatic heterocycles. The van der Waals surface area contributed by atoms with Gasteiger partial charge < -0.3 is 15.4 Å². The summed E-state index contributed by atoms with van der Waals surface area (Å²) >= 11 is 0. The number of ether oxygens (including phenoxy) is 1. The lowest BCUT2D eigenvalue weighted by atomic mass is 10.1. The van der Waals surface area contributed by atoms with Gasteiger partial charge in [0.15, 0.2) is 5.96 Å². The van der Waals surface area contributed by atoms with E-state index < -0.39 is 0 Å². The molecular formula is C17H21N3O. The Bertz CT molecular complexity index is 582. The quantitative estimate of drug-likeness (QED) is 0.503. The number of nitrogens with one attached hydrogen (secondary N) is 2. The van der Waals surface area contributed by atoms with Crippen molar-refractivity contribution in [1.29, 1.82) is 0 Å². The van der Waals surface area contributed by atoms with Crippen molar-refractivity contribution in [2.45, 2.75) is 0 Å². The molecule has 2 rings (SSSR count). The minimum atomic E-state index is 0.574. The van der Waals surface area contributed by atoms with Gasteiger partial charge in [0.2, 0.25) is 0 Å². The molecule has 0 spiro atoms. The molecule has 0 amide bonds. The van der Waals surface area contributed by atoms with E-state index in [0.717, 1.165) is 22.8 Å². The molecule has 0 heterocycles. The van der Waals surface area contributed by atoms with Gasteiger partial charge in [-0.05, 0) is 11.6 Å². The van der Waals surface area contributed by atoms with E-state index in [1.54, 1.807) is 7.05 Å². The zero-order valence-corrected chi connectivity index (χ0v) is 12.5. The molecule has 0 radical (unpaired) electrons. The van der Waals surface area contributed by atoms with E-state index in [9.17, 15) is 0 Å². The fourth-order valence-corrected chi connectivity index (χ4v) is 2.06. The third-order valence-electron chi connectivity index (χ3n) is 3.08. The van der Waals surface area contributed by atoms with E-state index in [1.807, 2.05) is 43.4 Å². The lowest BCUT2D eigenvalue weighted by Gasteiger charge is -2.13. The summed E-state index contributed by atoms with van der Waals surface area (Å²) in [5, 5.41) is 6.13. The minimum absolute atomic E-state index is 0.574. The minimum Gasteiger partial charge on any atom is -0.491 e. The predicted molar refractivity (Wildman–Crippen MR) is 87.8 cm³/mol. The Kier molecular flexibility index (Phi) is 5.64. The number of aliphatic imine (C=N–C) groups is 1. The zero-order chi connectivity index (χ0) is 14.9. The Hall–Kier alpha value is -2.49. The highest BCUT2D eigenvalue weighted by Crippen LogP contribution is 2.29. The molecule has 0 atom stereocenters. The van der Waals surface area contributed by atoms with E-state index in [-0.39, 0.29) is 0 Å². The highest BCUT2D eigenvalue weighted by Gasteiger charge is 2.04. The maximum absolute atomic E-state index is 5.89. The number of hydrogen-bond acceptors (Lipinski definition) is 2. The average Bonchev–Trinajstić information content (AvgIpc) is 2.56. The van der Waals surface area contributed by atoms with Gasteiger partial charge in [-0.2, -0.15) is 0 Å². The topological polar surface area (TPSA) is 45.7 Å². The third-order valence-corrected chi connectivity index (χ3v) is 3.08. The van der Waals surface area contributed by atoms with Gasteiger partial charge in [-0.25, -0.2) is 0 Å². The number of rotatable bonds is 5. The van der Waals surface area contributed by atoms with E-state index in [4.69, 9.17) is 4.74 Å². The smallest absolute Gasteiger partial charge is 0.190 e. The van der Waals surface area contributed by atoms with Crippen LogP contribution >= 0.6 is 0 Å². The third kappa shape index (κ3) is 4.24. The van der Waals surface area contributed by atoms with Crippen LogP contribution in [0.15, 0.2) is 59.6 Å².